The Morgan fingerprint density at radius 1 is 1.29 bits per heavy atom. The van der Waals surface area contributed by atoms with Crippen LogP contribution in [0.5, 0.6) is 0 Å². The molecule has 2 rings (SSSR count). The van der Waals surface area contributed by atoms with Crippen molar-refractivity contribution in [1.29, 1.82) is 0 Å². The van der Waals surface area contributed by atoms with Crippen LogP contribution in [-0.4, -0.2) is 53.1 Å². The molecule has 0 amide bonds. The SMILES string of the molecule is CCN(CC)C1CCN(CCCn2cc(N)ccc2=O)C1. The van der Waals surface area contributed by atoms with E-state index in [2.05, 4.69) is 23.6 Å². The second kappa shape index (κ2) is 7.61. The summed E-state index contributed by atoms with van der Waals surface area (Å²) in [4.78, 5) is 16.8. The fraction of sp³-hybridized carbons (Fsp3) is 0.688. The summed E-state index contributed by atoms with van der Waals surface area (Å²) in [5.74, 6) is 0. The Hall–Kier alpha value is -1.33. The van der Waals surface area contributed by atoms with Gasteiger partial charge in [0.05, 0.1) is 0 Å². The van der Waals surface area contributed by atoms with Gasteiger partial charge in [-0.2, -0.15) is 0 Å². The van der Waals surface area contributed by atoms with Crippen molar-refractivity contribution in [2.24, 2.45) is 0 Å². The number of nitrogen functional groups attached to an aromatic ring is 1. The van der Waals surface area contributed by atoms with Crippen LogP contribution < -0.4 is 11.3 Å². The summed E-state index contributed by atoms with van der Waals surface area (Å²) in [6, 6.07) is 3.91. The fourth-order valence-electron chi connectivity index (χ4n) is 3.24. The molecule has 0 radical (unpaired) electrons. The second-order valence-corrected chi connectivity index (χ2v) is 5.81. The number of hydrogen-bond donors (Lipinski definition) is 1. The molecule has 1 aromatic rings. The van der Waals surface area contributed by atoms with Gasteiger partial charge in [-0.25, -0.2) is 0 Å². The molecule has 5 nitrogen and oxygen atoms in total. The van der Waals surface area contributed by atoms with E-state index >= 15 is 0 Å². The summed E-state index contributed by atoms with van der Waals surface area (Å²) in [7, 11) is 0. The van der Waals surface area contributed by atoms with Crippen molar-refractivity contribution in [2.45, 2.75) is 39.3 Å². The number of nitrogens with zero attached hydrogens (tertiary/aromatic N) is 3. The molecule has 1 atom stereocenters. The molecular formula is C16H28N4O. The van der Waals surface area contributed by atoms with E-state index in [1.165, 1.54) is 13.0 Å². The van der Waals surface area contributed by atoms with Gasteiger partial charge in [-0.3, -0.25) is 9.69 Å². The smallest absolute Gasteiger partial charge is 0.250 e. The number of nitrogens with two attached hydrogens (primary N) is 1. The van der Waals surface area contributed by atoms with Crippen molar-refractivity contribution >= 4 is 5.69 Å². The lowest BCUT2D eigenvalue weighted by atomic mass is 10.2. The van der Waals surface area contributed by atoms with E-state index in [1.54, 1.807) is 22.9 Å². The zero-order chi connectivity index (χ0) is 15.2. The van der Waals surface area contributed by atoms with Gasteiger partial charge in [0.15, 0.2) is 0 Å². The normalized spacial score (nSPS) is 19.5. The topological polar surface area (TPSA) is 54.5 Å². The molecule has 2 heterocycles. The lowest BCUT2D eigenvalue weighted by Gasteiger charge is -2.26. The highest BCUT2D eigenvalue weighted by Crippen LogP contribution is 2.15. The number of anilines is 1. The molecule has 1 fully saturated rings. The van der Waals surface area contributed by atoms with Crippen LogP contribution in [0.15, 0.2) is 23.1 Å². The maximum Gasteiger partial charge on any atom is 0.250 e. The van der Waals surface area contributed by atoms with Crippen LogP contribution >= 0.6 is 0 Å². The highest BCUT2D eigenvalue weighted by molar-refractivity contribution is 5.33. The fourth-order valence-corrected chi connectivity index (χ4v) is 3.24. The maximum atomic E-state index is 11.7. The Morgan fingerprint density at radius 3 is 2.76 bits per heavy atom. The van der Waals surface area contributed by atoms with E-state index in [0.717, 1.165) is 39.1 Å². The second-order valence-electron chi connectivity index (χ2n) is 5.81. The third kappa shape index (κ3) is 4.32. The van der Waals surface area contributed by atoms with Crippen LogP contribution in [0.4, 0.5) is 5.69 Å². The Labute approximate surface area is 127 Å². The van der Waals surface area contributed by atoms with E-state index < -0.39 is 0 Å². The van der Waals surface area contributed by atoms with Gasteiger partial charge in [0.1, 0.15) is 0 Å². The molecule has 21 heavy (non-hydrogen) atoms. The number of rotatable bonds is 7. The molecule has 1 aromatic heterocycles. The summed E-state index contributed by atoms with van der Waals surface area (Å²) >= 11 is 0. The summed E-state index contributed by atoms with van der Waals surface area (Å²) in [5.41, 5.74) is 6.41. The van der Waals surface area contributed by atoms with Gasteiger partial charge in [0.25, 0.3) is 5.56 Å². The highest BCUT2D eigenvalue weighted by atomic mass is 16.1. The minimum absolute atomic E-state index is 0.0339. The minimum Gasteiger partial charge on any atom is -0.398 e. The molecule has 0 bridgehead atoms. The predicted octanol–water partition coefficient (Wildman–Crippen LogP) is 1.24. The van der Waals surface area contributed by atoms with Crippen LogP contribution in [0.25, 0.3) is 0 Å². The quantitative estimate of drug-likeness (QED) is 0.821. The molecule has 0 spiro atoms. The standard InChI is InChI=1S/C16H28N4O/c1-3-19(4-2)15-8-11-18(13-15)9-5-10-20-12-14(17)6-7-16(20)21/h6-7,12,15H,3-5,8-11,13,17H2,1-2H3. The summed E-state index contributed by atoms with van der Waals surface area (Å²) in [6.07, 6.45) is 4.00. The Bertz CT molecular complexity index is 495. The molecule has 5 heteroatoms. The number of likely N-dealkylation sites (tertiary alicyclic amines) is 1. The number of aromatic nitrogens is 1. The molecule has 0 saturated carbocycles. The largest absolute Gasteiger partial charge is 0.398 e. The Morgan fingerprint density at radius 2 is 2.05 bits per heavy atom. The van der Waals surface area contributed by atoms with Crippen molar-refractivity contribution in [3.63, 3.8) is 0 Å². The summed E-state index contributed by atoms with van der Waals surface area (Å²) in [5, 5.41) is 0. The first-order valence-electron chi connectivity index (χ1n) is 8.06. The van der Waals surface area contributed by atoms with Gasteiger partial charge in [-0.15, -0.1) is 0 Å². The molecule has 2 N–H and O–H groups in total. The van der Waals surface area contributed by atoms with Crippen LogP contribution in [0.1, 0.15) is 26.7 Å². The van der Waals surface area contributed by atoms with Crippen molar-refractivity contribution in [1.82, 2.24) is 14.4 Å². The molecule has 1 aliphatic rings. The maximum absolute atomic E-state index is 11.7. The molecule has 1 saturated heterocycles. The highest BCUT2D eigenvalue weighted by Gasteiger charge is 2.25. The van der Waals surface area contributed by atoms with E-state index in [4.69, 9.17) is 5.73 Å². The number of aryl methyl sites for hydroxylation is 1. The summed E-state index contributed by atoms with van der Waals surface area (Å²) < 4.78 is 1.72. The lowest BCUT2D eigenvalue weighted by Crippen LogP contribution is -2.37. The molecule has 0 aromatic carbocycles. The Kier molecular flexibility index (Phi) is 5.82. The van der Waals surface area contributed by atoms with Gasteiger partial charge >= 0.3 is 0 Å². The first-order valence-corrected chi connectivity index (χ1v) is 8.06. The molecule has 1 aliphatic heterocycles. The molecule has 1 unspecified atom stereocenters. The minimum atomic E-state index is 0.0339. The zero-order valence-corrected chi connectivity index (χ0v) is 13.3. The van der Waals surface area contributed by atoms with E-state index in [9.17, 15) is 4.79 Å². The van der Waals surface area contributed by atoms with Crippen molar-refractivity contribution < 1.29 is 0 Å². The average molecular weight is 292 g/mol. The monoisotopic (exact) mass is 292 g/mol. The van der Waals surface area contributed by atoms with Crippen LogP contribution in [0.2, 0.25) is 0 Å². The van der Waals surface area contributed by atoms with Crippen LogP contribution in [-0.2, 0) is 6.54 Å². The first kappa shape index (κ1) is 16.0. The van der Waals surface area contributed by atoms with Gasteiger partial charge in [0, 0.05) is 37.1 Å². The average Bonchev–Trinajstić information content (AvgIpc) is 2.93. The van der Waals surface area contributed by atoms with Crippen LogP contribution in [0.3, 0.4) is 0 Å². The van der Waals surface area contributed by atoms with Gasteiger partial charge in [-0.1, -0.05) is 13.8 Å². The Balaban J connectivity index is 1.77. The predicted molar refractivity (Wildman–Crippen MR) is 87.5 cm³/mol. The van der Waals surface area contributed by atoms with Crippen molar-refractivity contribution in [2.75, 3.05) is 38.5 Å². The molecular weight excluding hydrogens is 264 g/mol. The molecule has 0 aliphatic carbocycles. The summed E-state index contributed by atoms with van der Waals surface area (Å²) in [6.45, 7) is 10.9. The van der Waals surface area contributed by atoms with Gasteiger partial charge in [-0.05, 0) is 45.1 Å². The number of hydrogen-bond acceptors (Lipinski definition) is 4. The number of pyridine rings is 1. The van der Waals surface area contributed by atoms with E-state index in [-0.39, 0.29) is 5.56 Å². The third-order valence-corrected chi connectivity index (χ3v) is 4.46. The zero-order valence-electron chi connectivity index (χ0n) is 13.3. The first-order chi connectivity index (χ1) is 10.1. The van der Waals surface area contributed by atoms with E-state index in [0.29, 0.717) is 11.7 Å². The van der Waals surface area contributed by atoms with Crippen molar-refractivity contribution in [3.05, 3.63) is 28.7 Å². The van der Waals surface area contributed by atoms with Crippen molar-refractivity contribution in [3.8, 4) is 0 Å². The van der Waals surface area contributed by atoms with Gasteiger partial charge in [0.2, 0.25) is 0 Å². The van der Waals surface area contributed by atoms with Gasteiger partial charge < -0.3 is 15.2 Å². The molecule has 118 valence electrons. The lowest BCUT2D eigenvalue weighted by molar-refractivity contribution is 0.209. The van der Waals surface area contributed by atoms with Crippen LogP contribution in [0, 0.1) is 0 Å². The number of likely N-dealkylation sites (N-methyl/N-ethyl adjacent to an activating group) is 1. The van der Waals surface area contributed by atoms with E-state index in [1.807, 2.05) is 0 Å². The third-order valence-electron chi connectivity index (χ3n) is 4.46.